The van der Waals surface area contributed by atoms with E-state index < -0.39 is 5.97 Å². The number of allylic oxidation sites excluding steroid dienone is 1. The van der Waals surface area contributed by atoms with Crippen LogP contribution in [-0.2, 0) is 5.41 Å². The topological polar surface area (TPSA) is 57.5 Å². The van der Waals surface area contributed by atoms with Crippen molar-refractivity contribution in [1.29, 1.82) is 0 Å². The summed E-state index contributed by atoms with van der Waals surface area (Å²) in [7, 11) is 0. The lowest BCUT2D eigenvalue weighted by Crippen LogP contribution is -2.59. The number of aromatic carboxylic acids is 1. The molecule has 3 nitrogen and oxygen atoms in total. The molecule has 0 heterocycles. The number of carboxylic acids is 1. The van der Waals surface area contributed by atoms with Crippen LogP contribution in [0.25, 0.3) is 11.6 Å². The molecular formula is C26H26O3. The van der Waals surface area contributed by atoms with Crippen LogP contribution in [0.3, 0.4) is 0 Å². The molecule has 2 unspecified atom stereocenters. The van der Waals surface area contributed by atoms with Crippen LogP contribution in [0, 0.1) is 23.2 Å². The third-order valence-corrected chi connectivity index (χ3v) is 8.90. The zero-order valence-corrected chi connectivity index (χ0v) is 16.7. The molecule has 4 aliphatic carbocycles. The molecule has 2 aromatic carbocycles. The van der Waals surface area contributed by atoms with Gasteiger partial charge in [0.1, 0.15) is 5.75 Å². The number of hydrogen-bond acceptors (Lipinski definition) is 2. The lowest BCUT2D eigenvalue weighted by Gasteiger charge is -2.66. The van der Waals surface area contributed by atoms with Crippen LogP contribution in [0.2, 0.25) is 0 Å². The number of carboxylic acid groups (broad SMARTS) is 1. The quantitative estimate of drug-likeness (QED) is 0.660. The van der Waals surface area contributed by atoms with Gasteiger partial charge in [0.05, 0.1) is 5.56 Å². The van der Waals surface area contributed by atoms with E-state index in [0.29, 0.717) is 16.7 Å². The van der Waals surface area contributed by atoms with Crippen LogP contribution in [0.15, 0.2) is 42.5 Å². The summed E-state index contributed by atoms with van der Waals surface area (Å²) in [6, 6.07) is 13.1. The molecule has 4 saturated carbocycles. The first kappa shape index (κ1) is 17.3. The number of phenolic OH excluding ortho intramolecular Hbond substituents is 1. The third-order valence-electron chi connectivity index (χ3n) is 8.90. The first-order valence-electron chi connectivity index (χ1n) is 10.8. The second kappa shape index (κ2) is 5.53. The average molecular weight is 386 g/mol. The molecule has 0 radical (unpaired) electrons. The highest BCUT2D eigenvalue weighted by Crippen LogP contribution is 2.84. The van der Waals surface area contributed by atoms with E-state index >= 15 is 0 Å². The van der Waals surface area contributed by atoms with E-state index in [-0.39, 0.29) is 5.41 Å². The molecule has 4 fully saturated rings. The van der Waals surface area contributed by atoms with Gasteiger partial charge in [-0.05, 0) is 103 Å². The second-order valence-corrected chi connectivity index (χ2v) is 10.0. The third kappa shape index (κ3) is 2.16. The van der Waals surface area contributed by atoms with Gasteiger partial charge in [-0.2, -0.15) is 0 Å². The summed E-state index contributed by atoms with van der Waals surface area (Å²) in [5, 5.41) is 19.9. The van der Waals surface area contributed by atoms with Crippen molar-refractivity contribution in [3.63, 3.8) is 0 Å². The van der Waals surface area contributed by atoms with Crippen LogP contribution >= 0.6 is 0 Å². The van der Waals surface area contributed by atoms with Crippen molar-refractivity contribution in [2.24, 2.45) is 23.2 Å². The number of carbonyl (C=O) groups is 1. The smallest absolute Gasteiger partial charge is 0.335 e. The maximum atomic E-state index is 11.1. The predicted molar refractivity (Wildman–Crippen MR) is 113 cm³/mol. The summed E-state index contributed by atoms with van der Waals surface area (Å²) < 4.78 is 0. The van der Waals surface area contributed by atoms with Crippen LogP contribution in [0.5, 0.6) is 5.75 Å². The van der Waals surface area contributed by atoms with Gasteiger partial charge in [-0.1, -0.05) is 24.3 Å². The van der Waals surface area contributed by atoms with Gasteiger partial charge in [0.15, 0.2) is 0 Å². The lowest BCUT2D eigenvalue weighted by molar-refractivity contribution is -0.175. The van der Waals surface area contributed by atoms with Crippen molar-refractivity contribution >= 4 is 17.6 Å². The van der Waals surface area contributed by atoms with Crippen molar-refractivity contribution in [3.05, 3.63) is 64.7 Å². The molecule has 1 spiro atoms. The van der Waals surface area contributed by atoms with E-state index in [1.165, 1.54) is 37.7 Å². The SMILES string of the molecule is C/C(=C\c1ccc(C(=O)O)cc1)c1ccc(O)c(C23CC4CC5CC(C2)C54C3)c1. The summed E-state index contributed by atoms with van der Waals surface area (Å²) in [6.07, 6.45) is 8.74. The van der Waals surface area contributed by atoms with Gasteiger partial charge in [0.2, 0.25) is 0 Å². The van der Waals surface area contributed by atoms with E-state index in [1.807, 2.05) is 24.3 Å². The van der Waals surface area contributed by atoms with E-state index in [0.717, 1.165) is 34.5 Å². The molecule has 4 aliphatic rings. The number of aromatic hydroxyl groups is 1. The Hall–Kier alpha value is -2.55. The highest BCUT2D eigenvalue weighted by molar-refractivity contribution is 5.88. The van der Waals surface area contributed by atoms with Gasteiger partial charge in [-0.3, -0.25) is 0 Å². The van der Waals surface area contributed by atoms with E-state index in [1.54, 1.807) is 12.1 Å². The number of benzene rings is 2. The van der Waals surface area contributed by atoms with Crippen LogP contribution in [-0.4, -0.2) is 16.2 Å². The van der Waals surface area contributed by atoms with Crippen molar-refractivity contribution in [2.75, 3.05) is 0 Å². The van der Waals surface area contributed by atoms with Crippen molar-refractivity contribution in [1.82, 2.24) is 0 Å². The van der Waals surface area contributed by atoms with Crippen LogP contribution in [0.4, 0.5) is 0 Å². The first-order valence-corrected chi connectivity index (χ1v) is 10.8. The van der Waals surface area contributed by atoms with Gasteiger partial charge in [-0.15, -0.1) is 0 Å². The van der Waals surface area contributed by atoms with E-state index in [2.05, 4.69) is 19.1 Å². The van der Waals surface area contributed by atoms with Gasteiger partial charge < -0.3 is 10.2 Å². The molecule has 0 aliphatic heterocycles. The molecule has 2 atom stereocenters. The Morgan fingerprint density at radius 3 is 2.24 bits per heavy atom. The molecule has 2 N–H and O–H groups in total. The summed E-state index contributed by atoms with van der Waals surface area (Å²) >= 11 is 0. The minimum absolute atomic E-state index is 0.185. The van der Waals surface area contributed by atoms with Gasteiger partial charge in [-0.25, -0.2) is 4.79 Å². The largest absolute Gasteiger partial charge is 0.508 e. The molecular weight excluding hydrogens is 360 g/mol. The van der Waals surface area contributed by atoms with Crippen molar-refractivity contribution < 1.29 is 15.0 Å². The summed E-state index contributed by atoms with van der Waals surface area (Å²) in [6.45, 7) is 2.09. The number of hydrogen-bond donors (Lipinski definition) is 2. The first-order chi connectivity index (χ1) is 13.9. The zero-order chi connectivity index (χ0) is 20.0. The van der Waals surface area contributed by atoms with E-state index in [4.69, 9.17) is 5.11 Å². The Bertz CT molecular complexity index is 1050. The van der Waals surface area contributed by atoms with Crippen LogP contribution < -0.4 is 0 Å². The number of phenols is 1. The van der Waals surface area contributed by atoms with Gasteiger partial charge in [0.25, 0.3) is 0 Å². The minimum atomic E-state index is -0.905. The Kier molecular flexibility index (Phi) is 3.30. The van der Waals surface area contributed by atoms with Crippen LogP contribution in [0.1, 0.15) is 66.1 Å². The highest BCUT2D eigenvalue weighted by atomic mass is 16.4. The molecule has 3 heteroatoms. The standard InChI is InChI=1S/C26H26O3/c1-15(8-16-2-4-17(5-3-16)24(28)29)18-6-7-23(27)22(9-18)25-12-20-10-19-11-21(13-25)26(19,20)14-25/h2-9,19-21,27H,10-14H2,1H3,(H,28,29)/b15-8+. The normalized spacial score (nSPS) is 36.3. The minimum Gasteiger partial charge on any atom is -0.508 e. The maximum absolute atomic E-state index is 11.1. The monoisotopic (exact) mass is 386 g/mol. The molecule has 0 aromatic heterocycles. The Morgan fingerprint density at radius 2 is 1.66 bits per heavy atom. The highest BCUT2D eigenvalue weighted by Gasteiger charge is 2.77. The van der Waals surface area contributed by atoms with Gasteiger partial charge in [0, 0.05) is 11.0 Å². The molecule has 148 valence electrons. The Morgan fingerprint density at radius 1 is 1.00 bits per heavy atom. The van der Waals surface area contributed by atoms with Crippen molar-refractivity contribution in [2.45, 2.75) is 44.4 Å². The zero-order valence-electron chi connectivity index (χ0n) is 16.7. The summed E-state index contributed by atoms with van der Waals surface area (Å²) in [5.41, 5.74) is 5.55. The second-order valence-electron chi connectivity index (χ2n) is 10.0. The molecule has 2 bridgehead atoms. The fraction of sp³-hybridized carbons (Fsp3) is 0.423. The number of fused-ring (bicyclic) bond motifs is 1. The molecule has 0 saturated heterocycles. The van der Waals surface area contributed by atoms with Crippen molar-refractivity contribution in [3.8, 4) is 5.75 Å². The maximum Gasteiger partial charge on any atom is 0.335 e. The fourth-order valence-corrected chi connectivity index (χ4v) is 7.65. The van der Waals surface area contributed by atoms with E-state index in [9.17, 15) is 9.90 Å². The molecule has 2 aromatic rings. The summed E-state index contributed by atoms with van der Waals surface area (Å²) in [5.74, 6) is 2.32. The fourth-order valence-electron chi connectivity index (χ4n) is 7.65. The molecule has 29 heavy (non-hydrogen) atoms. The molecule has 6 rings (SSSR count). The predicted octanol–water partition coefficient (Wildman–Crippen LogP) is 5.73. The Labute approximate surface area is 171 Å². The molecule has 0 amide bonds. The average Bonchev–Trinajstić information content (AvgIpc) is 3.17. The Balaban J connectivity index is 1.33. The van der Waals surface area contributed by atoms with Gasteiger partial charge >= 0.3 is 5.97 Å². The number of rotatable bonds is 4. The lowest BCUT2D eigenvalue weighted by atomic mass is 9.38. The summed E-state index contributed by atoms with van der Waals surface area (Å²) in [4.78, 5) is 11.1.